The molecule has 0 radical (unpaired) electrons. The summed E-state index contributed by atoms with van der Waals surface area (Å²) in [5.41, 5.74) is 3.24. The maximum absolute atomic E-state index is 14.3. The highest BCUT2D eigenvalue weighted by molar-refractivity contribution is 5.93. The van der Waals surface area contributed by atoms with E-state index in [0.29, 0.717) is 18.7 Å². The molecule has 0 aliphatic carbocycles. The maximum atomic E-state index is 14.3. The number of hydrogen-bond acceptors (Lipinski definition) is 7. The molecule has 0 aliphatic rings. The van der Waals surface area contributed by atoms with Gasteiger partial charge in [-0.2, -0.15) is 0 Å². The summed E-state index contributed by atoms with van der Waals surface area (Å²) in [6.45, 7) is 6.33. The number of alkyl carbamates (subject to hydrolysis) is 1. The number of aromatic nitrogens is 1. The zero-order valence-corrected chi connectivity index (χ0v) is 32.8. The van der Waals surface area contributed by atoms with E-state index in [-0.39, 0.29) is 43.6 Å². The number of aliphatic hydroxyl groups is 1. The number of ether oxygens (including phenoxy) is 1. The summed E-state index contributed by atoms with van der Waals surface area (Å²) in [6.07, 6.45) is -0.0980. The summed E-state index contributed by atoms with van der Waals surface area (Å²) < 4.78 is 5.50. The van der Waals surface area contributed by atoms with Gasteiger partial charge in [0.15, 0.2) is 0 Å². The van der Waals surface area contributed by atoms with Gasteiger partial charge in [0, 0.05) is 31.3 Å². The van der Waals surface area contributed by atoms with E-state index in [2.05, 4.69) is 26.3 Å². The number of benzene rings is 4. The number of carbonyl (C=O) groups is 4. The minimum absolute atomic E-state index is 0.00360. The second kappa shape index (κ2) is 21.3. The third kappa shape index (κ3) is 13.3. The Kier molecular flexibility index (Phi) is 15.7. The van der Waals surface area contributed by atoms with Gasteiger partial charge in [0.2, 0.25) is 17.7 Å². The molecule has 1 aromatic heterocycles. The lowest BCUT2D eigenvalue weighted by molar-refractivity contribution is -0.131. The van der Waals surface area contributed by atoms with E-state index in [0.717, 1.165) is 27.5 Å². The summed E-state index contributed by atoms with van der Waals surface area (Å²) in [4.78, 5) is 59.1. The van der Waals surface area contributed by atoms with Crippen molar-refractivity contribution in [3.05, 3.63) is 150 Å². The fourth-order valence-electron chi connectivity index (χ4n) is 6.69. The van der Waals surface area contributed by atoms with E-state index in [9.17, 15) is 24.3 Å². The van der Waals surface area contributed by atoms with Crippen LogP contribution in [0.5, 0.6) is 0 Å². The fourth-order valence-corrected chi connectivity index (χ4v) is 6.69. The minimum atomic E-state index is -1.20. The quantitative estimate of drug-likeness (QED) is 0.0689. The Labute approximate surface area is 334 Å². The number of pyridine rings is 1. The van der Waals surface area contributed by atoms with Crippen LogP contribution in [-0.4, -0.2) is 64.7 Å². The number of nitrogens with zero attached hydrogens (tertiary/aromatic N) is 1. The van der Waals surface area contributed by atoms with Crippen molar-refractivity contribution in [1.29, 1.82) is 0 Å². The Hall–Kier alpha value is -6.07. The second-order valence-electron chi connectivity index (χ2n) is 14.8. The van der Waals surface area contributed by atoms with E-state index < -0.39 is 42.1 Å². The van der Waals surface area contributed by atoms with Crippen molar-refractivity contribution < 1.29 is 29.0 Å². The van der Waals surface area contributed by atoms with Crippen molar-refractivity contribution >= 4 is 34.6 Å². The molecular weight excluding hydrogens is 719 g/mol. The predicted octanol–water partition coefficient (Wildman–Crippen LogP) is 6.00. The molecule has 0 bridgehead atoms. The zero-order chi connectivity index (χ0) is 40.6. The van der Waals surface area contributed by atoms with Gasteiger partial charge in [0.05, 0.1) is 18.6 Å². The smallest absolute Gasteiger partial charge is 0.408 e. The number of rotatable bonds is 19. The standard InChI is InChI=1S/C46H53N5O6/c1-31(2)25-39(42(52)28-43(53)48-29-32(3)34-17-8-5-9-18-34)49-45(55)41(27-37-22-12-13-24-47-37)50-44(54)40(51-46(56)57-30-33-15-6-4-7-16-33)26-36-21-14-20-35-19-10-11-23-38(35)36/h4-24,31-32,39-42,52H,25-30H2,1-3H3,(H,48,53)(H,49,55)(H,50,54)(H,51,56)/t32?,39?,40-,41?,42?/m0/s1. The summed E-state index contributed by atoms with van der Waals surface area (Å²) >= 11 is 0. The van der Waals surface area contributed by atoms with Crippen LogP contribution in [0.15, 0.2) is 128 Å². The van der Waals surface area contributed by atoms with Crippen LogP contribution < -0.4 is 21.3 Å². The lowest BCUT2D eigenvalue weighted by Crippen LogP contribution is -2.57. The molecule has 0 saturated heterocycles. The number of carbonyl (C=O) groups excluding carboxylic acids is 4. The Bertz CT molecular complexity index is 2040. The molecule has 5 rings (SSSR count). The van der Waals surface area contributed by atoms with E-state index in [1.807, 2.05) is 124 Å². The highest BCUT2D eigenvalue weighted by atomic mass is 16.5. The Morgan fingerprint density at radius 2 is 1.35 bits per heavy atom. The molecule has 0 spiro atoms. The number of hydrogen-bond donors (Lipinski definition) is 5. The molecule has 11 nitrogen and oxygen atoms in total. The number of amides is 4. The van der Waals surface area contributed by atoms with Gasteiger partial charge in [-0.1, -0.05) is 130 Å². The molecular formula is C46H53N5O6. The van der Waals surface area contributed by atoms with Gasteiger partial charge in [-0.25, -0.2) is 4.79 Å². The van der Waals surface area contributed by atoms with Crippen molar-refractivity contribution in [2.24, 2.45) is 5.92 Å². The van der Waals surface area contributed by atoms with Gasteiger partial charge in [-0.05, 0) is 57.9 Å². The van der Waals surface area contributed by atoms with Crippen molar-refractivity contribution in [2.75, 3.05) is 6.54 Å². The molecule has 4 amide bonds. The fraction of sp³-hybridized carbons (Fsp3) is 0.326. The van der Waals surface area contributed by atoms with Gasteiger partial charge < -0.3 is 31.1 Å². The second-order valence-corrected chi connectivity index (χ2v) is 14.8. The Morgan fingerprint density at radius 1 is 0.702 bits per heavy atom. The Balaban J connectivity index is 1.33. The number of aliphatic hydroxyl groups excluding tert-OH is 1. The molecule has 11 heteroatoms. The number of fused-ring (bicyclic) bond motifs is 1. The van der Waals surface area contributed by atoms with Crippen LogP contribution in [0, 0.1) is 5.92 Å². The van der Waals surface area contributed by atoms with Crippen molar-refractivity contribution in [3.8, 4) is 0 Å². The topological polar surface area (TPSA) is 159 Å². The van der Waals surface area contributed by atoms with Crippen LogP contribution in [0.4, 0.5) is 4.79 Å². The van der Waals surface area contributed by atoms with Crippen LogP contribution in [-0.2, 0) is 38.6 Å². The van der Waals surface area contributed by atoms with Gasteiger partial charge in [-0.3, -0.25) is 19.4 Å². The SMILES string of the molecule is CC(C)CC(NC(=O)C(Cc1ccccn1)NC(=O)[C@H](Cc1cccc2ccccc12)NC(=O)OCc1ccccc1)C(O)CC(=O)NCC(C)c1ccccc1. The van der Waals surface area contributed by atoms with Crippen molar-refractivity contribution in [1.82, 2.24) is 26.3 Å². The third-order valence-corrected chi connectivity index (χ3v) is 9.78. The summed E-state index contributed by atoms with van der Waals surface area (Å²) in [7, 11) is 0. The normalized spacial score (nSPS) is 13.8. The molecule has 0 aliphatic heterocycles. The molecule has 5 atom stereocenters. The van der Waals surface area contributed by atoms with E-state index in [4.69, 9.17) is 4.74 Å². The highest BCUT2D eigenvalue weighted by Crippen LogP contribution is 2.21. The molecule has 298 valence electrons. The number of nitrogens with one attached hydrogen (secondary N) is 4. The van der Waals surface area contributed by atoms with Crippen LogP contribution >= 0.6 is 0 Å². The maximum Gasteiger partial charge on any atom is 0.408 e. The summed E-state index contributed by atoms with van der Waals surface area (Å²) in [6, 6.07) is 34.8. The molecule has 5 aromatic rings. The molecule has 57 heavy (non-hydrogen) atoms. The van der Waals surface area contributed by atoms with Crippen molar-refractivity contribution in [3.63, 3.8) is 0 Å². The molecule has 5 N–H and O–H groups in total. The average Bonchev–Trinajstić information content (AvgIpc) is 3.22. The largest absolute Gasteiger partial charge is 0.445 e. The molecule has 1 heterocycles. The van der Waals surface area contributed by atoms with Gasteiger partial charge in [0.1, 0.15) is 18.7 Å². The molecule has 0 fully saturated rings. The molecule has 0 saturated carbocycles. The molecule has 4 aromatic carbocycles. The lowest BCUT2D eigenvalue weighted by Gasteiger charge is -2.29. The van der Waals surface area contributed by atoms with Crippen LogP contribution in [0.2, 0.25) is 0 Å². The van der Waals surface area contributed by atoms with Gasteiger partial charge >= 0.3 is 6.09 Å². The zero-order valence-electron chi connectivity index (χ0n) is 32.8. The summed E-state index contributed by atoms with van der Waals surface area (Å²) in [5, 5.41) is 24.7. The van der Waals surface area contributed by atoms with Crippen LogP contribution in [0.1, 0.15) is 61.9 Å². The van der Waals surface area contributed by atoms with Crippen LogP contribution in [0.3, 0.4) is 0 Å². The van der Waals surface area contributed by atoms with E-state index in [1.54, 1.807) is 24.4 Å². The van der Waals surface area contributed by atoms with Crippen molar-refractivity contribution in [2.45, 2.75) is 83.2 Å². The lowest BCUT2D eigenvalue weighted by atomic mass is 9.96. The van der Waals surface area contributed by atoms with Crippen LogP contribution in [0.25, 0.3) is 10.8 Å². The first-order chi connectivity index (χ1) is 27.5. The first kappa shape index (κ1) is 42.1. The van der Waals surface area contributed by atoms with Gasteiger partial charge in [0.25, 0.3) is 0 Å². The first-order valence-electron chi connectivity index (χ1n) is 19.5. The van der Waals surface area contributed by atoms with E-state index in [1.165, 1.54) is 0 Å². The minimum Gasteiger partial charge on any atom is -0.445 e. The monoisotopic (exact) mass is 771 g/mol. The third-order valence-electron chi connectivity index (χ3n) is 9.78. The van der Waals surface area contributed by atoms with E-state index >= 15 is 0 Å². The molecule has 4 unspecified atom stereocenters. The summed E-state index contributed by atoms with van der Waals surface area (Å²) in [5.74, 6) is -1.38. The Morgan fingerprint density at radius 3 is 2.07 bits per heavy atom. The predicted molar refractivity (Wildman–Crippen MR) is 221 cm³/mol. The highest BCUT2D eigenvalue weighted by Gasteiger charge is 2.32. The first-order valence-corrected chi connectivity index (χ1v) is 19.5. The van der Waals surface area contributed by atoms with Gasteiger partial charge in [-0.15, -0.1) is 0 Å². The average molecular weight is 772 g/mol.